The van der Waals surface area contributed by atoms with E-state index >= 15 is 0 Å². The first kappa shape index (κ1) is 20.1. The lowest BCUT2D eigenvalue weighted by Crippen LogP contribution is -2.45. The zero-order chi connectivity index (χ0) is 16.3. The van der Waals surface area contributed by atoms with Gasteiger partial charge in [0.15, 0.2) is 11.6 Å². The number of benzene rings is 1. The third kappa shape index (κ3) is 5.29. The van der Waals surface area contributed by atoms with Gasteiger partial charge in [0, 0.05) is 44.2 Å². The first-order chi connectivity index (χ1) is 10.3. The molecule has 2 nitrogen and oxygen atoms in total. The van der Waals surface area contributed by atoms with Crippen LogP contribution in [0.4, 0.5) is 22.0 Å². The first-order valence-electron chi connectivity index (χ1n) is 7.25. The molecule has 0 radical (unpaired) electrons. The lowest BCUT2D eigenvalue weighted by Gasteiger charge is -2.35. The van der Waals surface area contributed by atoms with Crippen LogP contribution in [0, 0.1) is 18.6 Å². The molecule has 0 aromatic heterocycles. The molecule has 0 aliphatic carbocycles. The van der Waals surface area contributed by atoms with Crippen LogP contribution in [0.25, 0.3) is 0 Å². The Hall–Kier alpha value is -0.920. The fourth-order valence-electron chi connectivity index (χ4n) is 2.75. The fourth-order valence-corrected chi connectivity index (χ4v) is 2.75. The zero-order valence-electron chi connectivity index (χ0n) is 12.7. The van der Waals surface area contributed by atoms with E-state index in [0.717, 1.165) is 0 Å². The highest BCUT2D eigenvalue weighted by molar-refractivity contribution is 5.85. The van der Waals surface area contributed by atoms with Crippen molar-refractivity contribution in [2.75, 3.05) is 26.2 Å². The van der Waals surface area contributed by atoms with E-state index in [9.17, 15) is 22.0 Å². The number of hydrogen-bond donors (Lipinski definition) is 1. The molecule has 132 valence electrons. The normalized spacial score (nSPS) is 17.7. The van der Waals surface area contributed by atoms with Gasteiger partial charge in [-0.1, -0.05) is 12.1 Å². The molecule has 0 unspecified atom stereocenters. The Morgan fingerprint density at radius 2 is 1.74 bits per heavy atom. The molecule has 1 aliphatic heterocycles. The van der Waals surface area contributed by atoms with Gasteiger partial charge in [-0.25, -0.2) is 8.78 Å². The van der Waals surface area contributed by atoms with Crippen molar-refractivity contribution in [2.45, 2.75) is 32.0 Å². The van der Waals surface area contributed by atoms with Crippen molar-refractivity contribution in [3.63, 3.8) is 0 Å². The second-order valence-corrected chi connectivity index (χ2v) is 5.56. The fraction of sp³-hybridized carbons (Fsp3) is 0.600. The van der Waals surface area contributed by atoms with Gasteiger partial charge < -0.3 is 5.32 Å². The third-order valence-electron chi connectivity index (χ3n) is 3.96. The topological polar surface area (TPSA) is 15.3 Å². The van der Waals surface area contributed by atoms with E-state index in [0.29, 0.717) is 26.2 Å². The Morgan fingerprint density at radius 1 is 1.13 bits per heavy atom. The Bertz CT molecular complexity index is 515. The van der Waals surface area contributed by atoms with E-state index in [4.69, 9.17) is 0 Å². The molecule has 2 rings (SSSR count). The van der Waals surface area contributed by atoms with E-state index in [1.165, 1.54) is 19.1 Å². The highest BCUT2D eigenvalue weighted by Gasteiger charge is 2.32. The molecule has 1 aromatic rings. The number of nitrogens with zero attached hydrogens (tertiary/aromatic N) is 1. The van der Waals surface area contributed by atoms with Crippen LogP contribution < -0.4 is 5.32 Å². The summed E-state index contributed by atoms with van der Waals surface area (Å²) in [6.45, 7) is 3.70. The van der Waals surface area contributed by atoms with E-state index in [-0.39, 0.29) is 30.0 Å². The van der Waals surface area contributed by atoms with Crippen molar-refractivity contribution >= 4 is 12.4 Å². The van der Waals surface area contributed by atoms with Crippen molar-refractivity contribution in [3.05, 3.63) is 34.9 Å². The van der Waals surface area contributed by atoms with Crippen LogP contribution in [0.3, 0.4) is 0 Å². The Balaban J connectivity index is 0.00000264. The number of nitrogens with one attached hydrogen (secondary N) is 1. The van der Waals surface area contributed by atoms with Crippen LogP contribution in [0.1, 0.15) is 30.0 Å². The molecule has 8 heteroatoms. The highest BCUT2D eigenvalue weighted by atomic mass is 35.5. The molecular formula is C15H20ClF5N2. The van der Waals surface area contributed by atoms with Gasteiger partial charge in [0.25, 0.3) is 0 Å². The summed E-state index contributed by atoms with van der Waals surface area (Å²) < 4.78 is 65.6. The molecule has 1 heterocycles. The van der Waals surface area contributed by atoms with Crippen LogP contribution >= 0.6 is 12.4 Å². The van der Waals surface area contributed by atoms with E-state index in [1.807, 2.05) is 0 Å². The van der Waals surface area contributed by atoms with Gasteiger partial charge in [-0.15, -0.1) is 12.4 Å². The van der Waals surface area contributed by atoms with Crippen molar-refractivity contribution in [1.82, 2.24) is 10.2 Å². The van der Waals surface area contributed by atoms with Gasteiger partial charge in [-0.3, -0.25) is 4.90 Å². The van der Waals surface area contributed by atoms with Crippen molar-refractivity contribution in [1.29, 1.82) is 0 Å². The van der Waals surface area contributed by atoms with Gasteiger partial charge >= 0.3 is 6.18 Å². The molecule has 1 fully saturated rings. The van der Waals surface area contributed by atoms with Gasteiger partial charge in [0.05, 0.1) is 0 Å². The quantitative estimate of drug-likeness (QED) is 0.819. The number of piperazine rings is 1. The third-order valence-corrected chi connectivity index (χ3v) is 3.96. The number of hydrogen-bond acceptors (Lipinski definition) is 2. The van der Waals surface area contributed by atoms with Crippen molar-refractivity contribution < 1.29 is 22.0 Å². The summed E-state index contributed by atoms with van der Waals surface area (Å²) in [6.07, 6.45) is -5.61. The summed E-state index contributed by atoms with van der Waals surface area (Å²) in [5.41, 5.74) is 0.158. The second-order valence-electron chi connectivity index (χ2n) is 5.56. The van der Waals surface area contributed by atoms with Crippen LogP contribution in [-0.2, 0) is 0 Å². The predicted molar refractivity (Wildman–Crippen MR) is 80.8 cm³/mol. The highest BCUT2D eigenvalue weighted by Crippen LogP contribution is 2.34. The maximum Gasteiger partial charge on any atom is 0.389 e. The molecule has 1 N–H and O–H groups in total. The average Bonchev–Trinajstić information content (AvgIpc) is 2.47. The summed E-state index contributed by atoms with van der Waals surface area (Å²) in [6, 6.07) is 2.05. The first-order valence-corrected chi connectivity index (χ1v) is 7.25. The SMILES string of the molecule is Cc1ccc([C@@H](CCC(F)(F)F)N2CCNCC2)c(F)c1F.Cl. The standard InChI is InChI=1S/C15H19F5N2.ClH/c1-10-2-3-11(14(17)13(10)16)12(4-5-15(18,19)20)22-8-6-21-7-9-22;/h2-3,12,21H,4-9H2,1H3;1H/t12-;/m1./s1. The lowest BCUT2D eigenvalue weighted by molar-refractivity contribution is -0.138. The Kier molecular flexibility index (Phi) is 7.23. The largest absolute Gasteiger partial charge is 0.389 e. The second kappa shape index (κ2) is 8.26. The minimum Gasteiger partial charge on any atom is -0.314 e. The van der Waals surface area contributed by atoms with Crippen LogP contribution in [0.2, 0.25) is 0 Å². The zero-order valence-corrected chi connectivity index (χ0v) is 13.5. The average molecular weight is 359 g/mol. The maximum absolute atomic E-state index is 14.2. The summed E-state index contributed by atoms with van der Waals surface area (Å²) in [4.78, 5) is 1.79. The molecule has 23 heavy (non-hydrogen) atoms. The van der Waals surface area contributed by atoms with Crippen LogP contribution in [0.5, 0.6) is 0 Å². The molecule has 1 atom stereocenters. The van der Waals surface area contributed by atoms with Crippen LogP contribution in [-0.4, -0.2) is 37.3 Å². The molecule has 1 aliphatic rings. The number of rotatable bonds is 4. The number of aryl methyl sites for hydroxylation is 1. The van der Waals surface area contributed by atoms with Gasteiger partial charge in [-0.2, -0.15) is 13.2 Å². The molecule has 0 amide bonds. The predicted octanol–water partition coefficient (Wildman–Crippen LogP) is 3.98. The maximum atomic E-state index is 14.2. The van der Waals surface area contributed by atoms with Crippen molar-refractivity contribution in [2.24, 2.45) is 0 Å². The van der Waals surface area contributed by atoms with Gasteiger partial charge in [-0.05, 0) is 18.9 Å². The molecule has 0 spiro atoms. The Morgan fingerprint density at radius 3 is 2.30 bits per heavy atom. The van der Waals surface area contributed by atoms with Crippen LogP contribution in [0.15, 0.2) is 12.1 Å². The molecule has 0 saturated carbocycles. The lowest BCUT2D eigenvalue weighted by atomic mass is 9.97. The molecule has 0 bridgehead atoms. The minimum absolute atomic E-state index is 0. The molecule has 1 saturated heterocycles. The Labute approximate surface area is 138 Å². The number of halogens is 6. The van der Waals surface area contributed by atoms with E-state index in [2.05, 4.69) is 5.32 Å². The summed E-state index contributed by atoms with van der Waals surface area (Å²) in [5, 5.41) is 3.10. The molecular weight excluding hydrogens is 339 g/mol. The smallest absolute Gasteiger partial charge is 0.314 e. The monoisotopic (exact) mass is 358 g/mol. The number of alkyl halides is 3. The van der Waals surface area contributed by atoms with Gasteiger partial charge in [0.2, 0.25) is 0 Å². The summed E-state index contributed by atoms with van der Waals surface area (Å²) in [5.74, 6) is -2.02. The summed E-state index contributed by atoms with van der Waals surface area (Å²) >= 11 is 0. The molecule has 1 aromatic carbocycles. The summed E-state index contributed by atoms with van der Waals surface area (Å²) in [7, 11) is 0. The van der Waals surface area contributed by atoms with E-state index < -0.39 is 30.3 Å². The van der Waals surface area contributed by atoms with Crippen molar-refractivity contribution in [3.8, 4) is 0 Å². The van der Waals surface area contributed by atoms with E-state index in [1.54, 1.807) is 4.90 Å². The minimum atomic E-state index is -4.31. The van der Waals surface area contributed by atoms with Gasteiger partial charge in [0.1, 0.15) is 0 Å².